The van der Waals surface area contributed by atoms with E-state index in [0.29, 0.717) is 24.2 Å². The predicted octanol–water partition coefficient (Wildman–Crippen LogP) is 3.27. The van der Waals surface area contributed by atoms with Crippen LogP contribution in [0, 0.1) is 6.92 Å². The Bertz CT molecular complexity index is 921. The maximum absolute atomic E-state index is 13.1. The Morgan fingerprint density at radius 2 is 1.88 bits per heavy atom. The Hall–Kier alpha value is -2.34. The highest BCUT2D eigenvalue weighted by Crippen LogP contribution is 2.37. The number of carbonyl (C=O) groups is 1. The van der Waals surface area contributed by atoms with Gasteiger partial charge in [-0.1, -0.05) is 24.6 Å². The first-order valence-electron chi connectivity index (χ1n) is 8.87. The molecule has 1 atom stereocenters. The van der Waals surface area contributed by atoms with Gasteiger partial charge in [0.05, 0.1) is 10.6 Å². The van der Waals surface area contributed by atoms with E-state index in [-0.39, 0.29) is 16.8 Å². The zero-order chi connectivity index (χ0) is 18.9. The lowest BCUT2D eigenvalue weighted by molar-refractivity contribution is 0.0953. The molecule has 1 N–H and O–H groups in total. The Balaban J connectivity index is 1.95. The molecule has 26 heavy (non-hydrogen) atoms. The first kappa shape index (κ1) is 18.5. The van der Waals surface area contributed by atoms with Crippen LogP contribution in [-0.2, 0) is 16.4 Å². The number of nitrogens with one attached hydrogen (secondary N) is 1. The van der Waals surface area contributed by atoms with Gasteiger partial charge in [-0.2, -0.15) is 0 Å². The van der Waals surface area contributed by atoms with Crippen LogP contribution in [0.3, 0.4) is 0 Å². The van der Waals surface area contributed by atoms with E-state index >= 15 is 0 Å². The van der Waals surface area contributed by atoms with Crippen molar-refractivity contribution in [2.75, 3.05) is 10.8 Å². The maximum atomic E-state index is 13.1. The van der Waals surface area contributed by atoms with Crippen molar-refractivity contribution in [1.82, 2.24) is 5.32 Å². The molecule has 0 radical (unpaired) electrons. The van der Waals surface area contributed by atoms with Crippen LogP contribution in [-0.4, -0.2) is 26.9 Å². The second-order valence-corrected chi connectivity index (χ2v) is 8.58. The molecule has 0 aromatic heterocycles. The van der Waals surface area contributed by atoms with Gasteiger partial charge in [-0.15, -0.1) is 0 Å². The average Bonchev–Trinajstić information content (AvgIpc) is 2.95. The number of anilines is 1. The van der Waals surface area contributed by atoms with Gasteiger partial charge >= 0.3 is 0 Å². The number of nitrogens with zero attached hydrogens (tertiary/aromatic N) is 1. The molecule has 1 amide bonds. The van der Waals surface area contributed by atoms with E-state index < -0.39 is 10.0 Å². The molecule has 138 valence electrons. The van der Waals surface area contributed by atoms with E-state index in [1.165, 1.54) is 4.31 Å². The van der Waals surface area contributed by atoms with Crippen molar-refractivity contribution >= 4 is 21.6 Å². The minimum atomic E-state index is -3.63. The zero-order valence-electron chi connectivity index (χ0n) is 15.3. The number of sulfonamides is 1. The first-order chi connectivity index (χ1) is 12.3. The summed E-state index contributed by atoms with van der Waals surface area (Å²) in [7, 11) is -3.63. The lowest BCUT2D eigenvalue weighted by atomic mass is 10.1. The smallest absolute Gasteiger partial charge is 0.264 e. The lowest BCUT2D eigenvalue weighted by Crippen LogP contribution is -2.35. The lowest BCUT2D eigenvalue weighted by Gasteiger charge is -2.24. The number of benzene rings is 2. The molecule has 0 spiro atoms. The minimum absolute atomic E-state index is 0.123. The molecule has 1 aliphatic heterocycles. The summed E-state index contributed by atoms with van der Waals surface area (Å²) in [6.45, 7) is 6.44. The van der Waals surface area contributed by atoms with Gasteiger partial charge in [-0.05, 0) is 62.6 Å². The van der Waals surface area contributed by atoms with Crippen molar-refractivity contribution < 1.29 is 13.2 Å². The quantitative estimate of drug-likeness (QED) is 0.876. The molecule has 0 saturated carbocycles. The van der Waals surface area contributed by atoms with E-state index in [9.17, 15) is 13.2 Å². The molecule has 5 nitrogen and oxygen atoms in total. The van der Waals surface area contributed by atoms with Crippen LogP contribution < -0.4 is 9.62 Å². The minimum Gasteiger partial charge on any atom is -0.352 e. The first-order valence-corrected chi connectivity index (χ1v) is 10.3. The predicted molar refractivity (Wildman–Crippen MR) is 103 cm³/mol. The molecule has 0 saturated heterocycles. The number of aryl methyl sites for hydroxylation is 1. The normalized spacial score (nSPS) is 16.4. The fourth-order valence-electron chi connectivity index (χ4n) is 3.27. The third kappa shape index (κ3) is 3.33. The van der Waals surface area contributed by atoms with Crippen molar-refractivity contribution in [1.29, 1.82) is 0 Å². The van der Waals surface area contributed by atoms with Crippen LogP contribution in [0.25, 0.3) is 0 Å². The molecular formula is C20H24N2O3S. The number of rotatable bonds is 5. The van der Waals surface area contributed by atoms with E-state index in [2.05, 4.69) is 5.32 Å². The summed E-state index contributed by atoms with van der Waals surface area (Å²) in [4.78, 5) is 12.5. The Kier molecular flexibility index (Phi) is 5.05. The number of fused-ring (bicyclic) bond motifs is 1. The molecule has 1 aliphatic rings. The summed E-state index contributed by atoms with van der Waals surface area (Å²) in [5, 5.41) is 2.85. The second kappa shape index (κ2) is 7.11. The molecule has 0 fully saturated rings. The highest BCUT2D eigenvalue weighted by molar-refractivity contribution is 7.92. The SMILES string of the molecule is CCCNC(=O)c1ccc2c(c1)C[C@@H](C)N2S(=O)(=O)c1ccc(C)cc1. The van der Waals surface area contributed by atoms with Crippen LogP contribution in [0.4, 0.5) is 5.69 Å². The van der Waals surface area contributed by atoms with Gasteiger partial charge in [-0.3, -0.25) is 9.10 Å². The largest absolute Gasteiger partial charge is 0.352 e. The highest BCUT2D eigenvalue weighted by atomic mass is 32.2. The van der Waals surface area contributed by atoms with Crippen LogP contribution >= 0.6 is 0 Å². The highest BCUT2D eigenvalue weighted by Gasteiger charge is 2.36. The van der Waals surface area contributed by atoms with Crippen LogP contribution in [0.1, 0.15) is 41.8 Å². The molecule has 2 aromatic carbocycles. The maximum Gasteiger partial charge on any atom is 0.264 e. The molecule has 2 aromatic rings. The number of amides is 1. The van der Waals surface area contributed by atoms with Crippen molar-refractivity contribution in [3.05, 3.63) is 59.2 Å². The topological polar surface area (TPSA) is 66.5 Å². The Labute approximate surface area is 155 Å². The Morgan fingerprint density at radius 1 is 1.19 bits per heavy atom. The summed E-state index contributed by atoms with van der Waals surface area (Å²) in [6, 6.07) is 11.9. The van der Waals surface area contributed by atoms with Gasteiger partial charge in [0.25, 0.3) is 15.9 Å². The Morgan fingerprint density at radius 3 is 2.54 bits per heavy atom. The standard InChI is InChI=1S/C20H24N2O3S/c1-4-11-21-20(23)16-7-10-19-17(13-16)12-15(3)22(19)26(24,25)18-8-5-14(2)6-9-18/h5-10,13,15H,4,11-12H2,1-3H3,(H,21,23)/t15-/m1/s1. The third-order valence-corrected chi connectivity index (χ3v) is 6.55. The van der Waals surface area contributed by atoms with Gasteiger partial charge in [0.15, 0.2) is 0 Å². The molecule has 0 unspecified atom stereocenters. The summed E-state index contributed by atoms with van der Waals surface area (Å²) in [6.07, 6.45) is 1.46. The molecule has 0 bridgehead atoms. The summed E-state index contributed by atoms with van der Waals surface area (Å²) < 4.78 is 27.7. The van der Waals surface area contributed by atoms with Gasteiger partial charge in [0.2, 0.25) is 0 Å². The number of hydrogen-bond donors (Lipinski definition) is 1. The fourth-order valence-corrected chi connectivity index (χ4v) is 4.97. The fraction of sp³-hybridized carbons (Fsp3) is 0.350. The number of hydrogen-bond acceptors (Lipinski definition) is 3. The van der Waals surface area contributed by atoms with Gasteiger partial charge < -0.3 is 5.32 Å². The zero-order valence-corrected chi connectivity index (χ0v) is 16.1. The van der Waals surface area contributed by atoms with Crippen LogP contribution in [0.5, 0.6) is 0 Å². The second-order valence-electron chi connectivity index (χ2n) is 6.77. The van der Waals surface area contributed by atoms with Crippen LogP contribution in [0.15, 0.2) is 47.4 Å². The average molecular weight is 372 g/mol. The van der Waals surface area contributed by atoms with Crippen molar-refractivity contribution in [3.63, 3.8) is 0 Å². The molecule has 3 rings (SSSR count). The molecule has 1 heterocycles. The molecule has 6 heteroatoms. The monoisotopic (exact) mass is 372 g/mol. The molecular weight excluding hydrogens is 348 g/mol. The summed E-state index contributed by atoms with van der Waals surface area (Å²) >= 11 is 0. The van der Waals surface area contributed by atoms with Crippen molar-refractivity contribution in [3.8, 4) is 0 Å². The number of carbonyl (C=O) groups excluding carboxylic acids is 1. The third-order valence-electron chi connectivity index (χ3n) is 4.61. The van der Waals surface area contributed by atoms with Crippen LogP contribution in [0.2, 0.25) is 0 Å². The van der Waals surface area contributed by atoms with Crippen molar-refractivity contribution in [2.24, 2.45) is 0 Å². The van der Waals surface area contributed by atoms with E-state index in [1.54, 1.807) is 36.4 Å². The van der Waals surface area contributed by atoms with Gasteiger partial charge in [-0.25, -0.2) is 8.42 Å². The summed E-state index contributed by atoms with van der Waals surface area (Å²) in [5.74, 6) is -0.123. The van der Waals surface area contributed by atoms with Crippen molar-refractivity contribution in [2.45, 2.75) is 44.6 Å². The van der Waals surface area contributed by atoms with E-state index in [1.807, 2.05) is 26.8 Å². The van der Waals surface area contributed by atoms with E-state index in [4.69, 9.17) is 0 Å². The summed E-state index contributed by atoms with van der Waals surface area (Å²) in [5.41, 5.74) is 3.13. The van der Waals surface area contributed by atoms with E-state index in [0.717, 1.165) is 17.5 Å². The van der Waals surface area contributed by atoms with Gasteiger partial charge in [0.1, 0.15) is 0 Å². The van der Waals surface area contributed by atoms with Gasteiger partial charge in [0, 0.05) is 18.2 Å². The molecule has 0 aliphatic carbocycles.